The Labute approximate surface area is 172 Å². The summed E-state index contributed by atoms with van der Waals surface area (Å²) in [5.74, 6) is 3.33. The van der Waals surface area contributed by atoms with Crippen molar-refractivity contribution in [3.8, 4) is 5.75 Å². The van der Waals surface area contributed by atoms with Crippen molar-refractivity contribution in [3.63, 3.8) is 0 Å². The molecule has 0 saturated heterocycles. The summed E-state index contributed by atoms with van der Waals surface area (Å²) in [5.41, 5.74) is 10.4. The van der Waals surface area contributed by atoms with Crippen LogP contribution < -0.4 is 10.5 Å². The topological polar surface area (TPSA) is 55.5 Å². The van der Waals surface area contributed by atoms with E-state index in [9.17, 15) is 5.11 Å². The van der Waals surface area contributed by atoms with Crippen molar-refractivity contribution in [2.45, 2.75) is 54.9 Å². The molecule has 2 aliphatic rings. The highest BCUT2D eigenvalue weighted by Gasteiger charge is 2.36. The van der Waals surface area contributed by atoms with Crippen molar-refractivity contribution in [1.29, 1.82) is 0 Å². The Morgan fingerprint density at radius 2 is 2.04 bits per heavy atom. The molecule has 150 valence electrons. The van der Waals surface area contributed by atoms with E-state index in [1.165, 1.54) is 40.8 Å². The van der Waals surface area contributed by atoms with Crippen LogP contribution in [0.1, 0.15) is 48.3 Å². The number of para-hydroxylation sites is 1. The maximum Gasteiger partial charge on any atom is 0.132 e. The average Bonchev–Trinajstić information content (AvgIpc) is 3.14. The molecule has 28 heavy (non-hydrogen) atoms. The van der Waals surface area contributed by atoms with Gasteiger partial charge in [0.25, 0.3) is 0 Å². The number of benzene rings is 2. The van der Waals surface area contributed by atoms with E-state index in [4.69, 9.17) is 10.5 Å². The first-order valence-electron chi connectivity index (χ1n) is 10.4. The summed E-state index contributed by atoms with van der Waals surface area (Å²) in [6.45, 7) is 0.0972. The van der Waals surface area contributed by atoms with Gasteiger partial charge in [0, 0.05) is 16.2 Å². The Balaban J connectivity index is 1.38. The van der Waals surface area contributed by atoms with Crippen molar-refractivity contribution >= 4 is 11.8 Å². The van der Waals surface area contributed by atoms with Crippen molar-refractivity contribution in [3.05, 3.63) is 59.2 Å². The standard InChI is InChI=1S/C24H31NO2S/c1-27-22-4-2-3-5-23(22)28-15-17-6-7-19-13-20(9-8-18(19)12-17)21-10-11-24(25,14-21)16-26/h2-5,8-9,13,17,21,26H,6-7,10-12,14-16,25H2,1H3/t17?,21-,24+/m0/s1. The second-order valence-corrected chi connectivity index (χ2v) is 9.62. The lowest BCUT2D eigenvalue weighted by Crippen LogP contribution is -2.40. The summed E-state index contributed by atoms with van der Waals surface area (Å²) in [4.78, 5) is 1.24. The van der Waals surface area contributed by atoms with Gasteiger partial charge in [-0.3, -0.25) is 0 Å². The van der Waals surface area contributed by atoms with Crippen LogP contribution in [-0.2, 0) is 12.8 Å². The molecule has 0 aliphatic heterocycles. The predicted octanol–water partition coefficient (Wildman–Crippen LogP) is 4.55. The third-order valence-corrected chi connectivity index (χ3v) is 7.82. The first-order valence-corrected chi connectivity index (χ1v) is 11.4. The van der Waals surface area contributed by atoms with Crippen molar-refractivity contribution in [2.75, 3.05) is 19.5 Å². The minimum atomic E-state index is -0.374. The van der Waals surface area contributed by atoms with Gasteiger partial charge in [-0.1, -0.05) is 30.3 Å². The van der Waals surface area contributed by atoms with Crippen LogP contribution >= 0.6 is 11.8 Å². The molecule has 2 aromatic carbocycles. The van der Waals surface area contributed by atoms with Gasteiger partial charge in [0.2, 0.25) is 0 Å². The first kappa shape index (κ1) is 19.8. The fourth-order valence-electron chi connectivity index (χ4n) is 4.78. The minimum absolute atomic E-state index is 0.0972. The lowest BCUT2D eigenvalue weighted by atomic mass is 9.82. The number of hydrogen-bond donors (Lipinski definition) is 2. The molecular formula is C24H31NO2S. The number of thioether (sulfide) groups is 1. The molecule has 3 nitrogen and oxygen atoms in total. The molecule has 0 aromatic heterocycles. The molecule has 0 heterocycles. The number of aryl methyl sites for hydroxylation is 1. The third kappa shape index (κ3) is 4.24. The minimum Gasteiger partial charge on any atom is -0.496 e. The summed E-state index contributed by atoms with van der Waals surface area (Å²) in [6.07, 6.45) is 6.50. The summed E-state index contributed by atoms with van der Waals surface area (Å²) >= 11 is 1.92. The summed E-state index contributed by atoms with van der Waals surface area (Å²) in [6, 6.07) is 15.4. The van der Waals surface area contributed by atoms with E-state index >= 15 is 0 Å². The van der Waals surface area contributed by atoms with Crippen LogP contribution in [0.3, 0.4) is 0 Å². The molecule has 1 fully saturated rings. The fraction of sp³-hybridized carbons (Fsp3) is 0.500. The highest BCUT2D eigenvalue weighted by atomic mass is 32.2. The number of hydrogen-bond acceptors (Lipinski definition) is 4. The van der Waals surface area contributed by atoms with Crippen LogP contribution in [0.25, 0.3) is 0 Å². The maximum atomic E-state index is 9.54. The Hall–Kier alpha value is -1.49. The SMILES string of the molecule is COc1ccccc1SCC1CCc2cc([C@H]3CC[C@](N)(CO)C3)ccc2C1. The molecule has 0 bridgehead atoms. The van der Waals surface area contributed by atoms with Crippen LogP contribution in [0.15, 0.2) is 47.4 Å². The van der Waals surface area contributed by atoms with Crippen molar-refractivity contribution < 1.29 is 9.84 Å². The monoisotopic (exact) mass is 397 g/mol. The molecule has 4 rings (SSSR count). The van der Waals surface area contributed by atoms with Gasteiger partial charge in [-0.05, 0) is 79.2 Å². The molecule has 0 amide bonds. The second-order valence-electron chi connectivity index (χ2n) is 8.56. The van der Waals surface area contributed by atoms with Crippen molar-refractivity contribution in [2.24, 2.45) is 11.7 Å². The summed E-state index contributed by atoms with van der Waals surface area (Å²) in [5, 5.41) is 9.54. The van der Waals surface area contributed by atoms with Gasteiger partial charge in [0.15, 0.2) is 0 Å². The molecule has 2 aromatic rings. The normalized spacial score (nSPS) is 26.8. The number of aliphatic hydroxyl groups excluding tert-OH is 1. The van der Waals surface area contributed by atoms with Crippen LogP contribution in [-0.4, -0.2) is 30.1 Å². The number of methoxy groups -OCH3 is 1. The highest BCUT2D eigenvalue weighted by molar-refractivity contribution is 7.99. The van der Waals surface area contributed by atoms with E-state index in [0.29, 0.717) is 11.8 Å². The fourth-order valence-corrected chi connectivity index (χ4v) is 5.95. The molecule has 1 unspecified atom stereocenters. The van der Waals surface area contributed by atoms with E-state index in [0.717, 1.165) is 30.8 Å². The molecular weight excluding hydrogens is 366 g/mol. The molecule has 3 N–H and O–H groups in total. The zero-order valence-corrected chi connectivity index (χ0v) is 17.5. The van der Waals surface area contributed by atoms with Gasteiger partial charge in [0.05, 0.1) is 13.7 Å². The molecule has 0 radical (unpaired) electrons. The van der Waals surface area contributed by atoms with Gasteiger partial charge in [0.1, 0.15) is 5.75 Å². The average molecular weight is 398 g/mol. The number of aliphatic hydroxyl groups is 1. The van der Waals surface area contributed by atoms with Crippen LogP contribution in [0.4, 0.5) is 0 Å². The van der Waals surface area contributed by atoms with Crippen LogP contribution in [0, 0.1) is 5.92 Å². The lowest BCUT2D eigenvalue weighted by Gasteiger charge is -2.26. The van der Waals surface area contributed by atoms with Crippen molar-refractivity contribution in [1.82, 2.24) is 0 Å². The smallest absolute Gasteiger partial charge is 0.132 e. The Bertz CT molecular complexity index is 824. The summed E-state index contributed by atoms with van der Waals surface area (Å²) in [7, 11) is 1.74. The van der Waals surface area contributed by atoms with Gasteiger partial charge < -0.3 is 15.6 Å². The zero-order chi connectivity index (χ0) is 19.6. The van der Waals surface area contributed by atoms with E-state index < -0.39 is 0 Å². The molecule has 2 aliphatic carbocycles. The number of fused-ring (bicyclic) bond motifs is 1. The number of ether oxygens (including phenoxy) is 1. The number of rotatable bonds is 6. The van der Waals surface area contributed by atoms with Gasteiger partial charge in [-0.15, -0.1) is 11.8 Å². The molecule has 4 heteroatoms. The van der Waals surface area contributed by atoms with Gasteiger partial charge in [-0.25, -0.2) is 0 Å². The van der Waals surface area contributed by atoms with Crippen LogP contribution in [0.5, 0.6) is 5.75 Å². The van der Waals surface area contributed by atoms with E-state index in [2.05, 4.69) is 30.3 Å². The first-order chi connectivity index (χ1) is 13.6. The Kier molecular flexibility index (Phi) is 6.00. The van der Waals surface area contributed by atoms with Gasteiger partial charge >= 0.3 is 0 Å². The van der Waals surface area contributed by atoms with Gasteiger partial charge in [-0.2, -0.15) is 0 Å². The van der Waals surface area contributed by atoms with E-state index in [1.54, 1.807) is 7.11 Å². The number of nitrogens with two attached hydrogens (primary N) is 1. The van der Waals surface area contributed by atoms with Crippen LogP contribution in [0.2, 0.25) is 0 Å². The maximum absolute atomic E-state index is 9.54. The molecule has 3 atom stereocenters. The third-order valence-electron chi connectivity index (χ3n) is 6.53. The highest BCUT2D eigenvalue weighted by Crippen LogP contribution is 2.41. The lowest BCUT2D eigenvalue weighted by molar-refractivity contribution is 0.198. The quantitative estimate of drug-likeness (QED) is 0.702. The molecule has 1 saturated carbocycles. The van der Waals surface area contributed by atoms with E-state index in [-0.39, 0.29) is 12.1 Å². The zero-order valence-electron chi connectivity index (χ0n) is 16.7. The Morgan fingerprint density at radius 3 is 2.82 bits per heavy atom. The largest absolute Gasteiger partial charge is 0.496 e. The summed E-state index contributed by atoms with van der Waals surface area (Å²) < 4.78 is 5.48. The van der Waals surface area contributed by atoms with E-state index in [1.807, 2.05) is 23.9 Å². The predicted molar refractivity (Wildman–Crippen MR) is 116 cm³/mol. The Morgan fingerprint density at radius 1 is 1.18 bits per heavy atom. The molecule has 0 spiro atoms. The second kappa shape index (κ2) is 8.48.